The molecule has 0 atom stereocenters. The quantitative estimate of drug-likeness (QED) is 0.607. The van der Waals surface area contributed by atoms with Crippen LogP contribution in [0, 0.1) is 0 Å². The monoisotopic (exact) mass is 355 g/mol. The van der Waals surface area contributed by atoms with Gasteiger partial charge in [-0.15, -0.1) is 10.2 Å². The van der Waals surface area contributed by atoms with Gasteiger partial charge in [0.05, 0.1) is 10.2 Å². The Morgan fingerprint density at radius 2 is 1.83 bits per heavy atom. The number of halogens is 1. The zero-order chi connectivity index (χ0) is 16.5. The Hall–Kier alpha value is -2.77. The van der Waals surface area contributed by atoms with Gasteiger partial charge in [0, 0.05) is 16.3 Å². The number of nitrogens with zero attached hydrogens (tertiary/aromatic N) is 4. The molecule has 0 saturated carbocycles. The molecule has 0 radical (unpaired) electrons. The Labute approximate surface area is 145 Å². The first-order valence-electron chi connectivity index (χ1n) is 7.01. The molecule has 0 bridgehead atoms. The van der Waals surface area contributed by atoms with Gasteiger partial charge in [-0.05, 0) is 42.5 Å². The van der Waals surface area contributed by atoms with Gasteiger partial charge in [-0.2, -0.15) is 0 Å². The van der Waals surface area contributed by atoms with Gasteiger partial charge >= 0.3 is 0 Å². The zero-order valence-electron chi connectivity index (χ0n) is 12.2. The smallest absolute Gasteiger partial charge is 0.257 e. The minimum atomic E-state index is -0.218. The fourth-order valence-electron chi connectivity index (χ4n) is 2.23. The van der Waals surface area contributed by atoms with E-state index >= 15 is 0 Å². The maximum Gasteiger partial charge on any atom is 0.257 e. The van der Waals surface area contributed by atoms with Crippen LogP contribution in [0.5, 0.6) is 0 Å². The van der Waals surface area contributed by atoms with Crippen LogP contribution in [0.4, 0.5) is 5.13 Å². The number of thiazole rings is 1. The number of hydrogen-bond donors (Lipinski definition) is 1. The highest BCUT2D eigenvalue weighted by atomic mass is 35.5. The summed E-state index contributed by atoms with van der Waals surface area (Å²) in [4.78, 5) is 16.7. The molecule has 0 saturated heterocycles. The number of carbonyl (C=O) groups is 1. The molecule has 6 nitrogen and oxygen atoms in total. The second kappa shape index (κ2) is 6.03. The summed E-state index contributed by atoms with van der Waals surface area (Å²) in [6.07, 6.45) is 3.26. The number of anilines is 1. The van der Waals surface area contributed by atoms with Crippen molar-refractivity contribution in [2.45, 2.75) is 0 Å². The van der Waals surface area contributed by atoms with E-state index in [9.17, 15) is 4.79 Å². The van der Waals surface area contributed by atoms with Gasteiger partial charge in [0.15, 0.2) is 5.13 Å². The van der Waals surface area contributed by atoms with Gasteiger partial charge in [-0.3, -0.25) is 14.7 Å². The maximum atomic E-state index is 12.2. The van der Waals surface area contributed by atoms with Crippen LogP contribution in [0.3, 0.4) is 0 Å². The van der Waals surface area contributed by atoms with E-state index in [1.165, 1.54) is 11.3 Å². The molecule has 8 heteroatoms. The van der Waals surface area contributed by atoms with Crippen molar-refractivity contribution in [1.82, 2.24) is 19.7 Å². The number of nitrogens with one attached hydrogen (secondary N) is 1. The third-order valence-electron chi connectivity index (χ3n) is 3.42. The number of hydrogen-bond acceptors (Lipinski definition) is 5. The first-order chi connectivity index (χ1) is 11.7. The summed E-state index contributed by atoms with van der Waals surface area (Å²) in [7, 11) is 0. The molecular formula is C16H10ClN5OS. The van der Waals surface area contributed by atoms with Gasteiger partial charge in [0.1, 0.15) is 12.7 Å². The lowest BCUT2D eigenvalue weighted by Gasteiger charge is -2.01. The molecule has 0 aliphatic rings. The van der Waals surface area contributed by atoms with E-state index in [0.717, 1.165) is 15.9 Å². The first kappa shape index (κ1) is 14.8. The summed E-state index contributed by atoms with van der Waals surface area (Å²) in [6.45, 7) is 0. The lowest BCUT2D eigenvalue weighted by Crippen LogP contribution is -2.11. The largest absolute Gasteiger partial charge is 0.298 e. The second-order valence-corrected chi connectivity index (χ2v) is 6.47. The van der Waals surface area contributed by atoms with Crippen molar-refractivity contribution in [1.29, 1.82) is 0 Å². The molecule has 0 unspecified atom stereocenters. The van der Waals surface area contributed by atoms with Crippen molar-refractivity contribution in [2.75, 3.05) is 5.32 Å². The lowest BCUT2D eigenvalue weighted by molar-refractivity contribution is 0.102. The van der Waals surface area contributed by atoms with Gasteiger partial charge < -0.3 is 0 Å². The number of benzene rings is 2. The maximum absolute atomic E-state index is 12.2. The Bertz CT molecular complexity index is 1010. The number of aromatic nitrogens is 4. The lowest BCUT2D eigenvalue weighted by atomic mass is 10.2. The van der Waals surface area contributed by atoms with E-state index in [1.54, 1.807) is 36.9 Å². The summed E-state index contributed by atoms with van der Waals surface area (Å²) >= 11 is 7.25. The molecule has 2 aromatic heterocycles. The van der Waals surface area contributed by atoms with Crippen LogP contribution in [-0.4, -0.2) is 25.7 Å². The number of rotatable bonds is 3. The van der Waals surface area contributed by atoms with Crippen LogP contribution in [0.1, 0.15) is 10.4 Å². The number of carbonyl (C=O) groups excluding carboxylic acids is 1. The van der Waals surface area contributed by atoms with Gasteiger partial charge in [-0.25, -0.2) is 4.98 Å². The first-order valence-corrected chi connectivity index (χ1v) is 8.21. The van der Waals surface area contributed by atoms with Crippen LogP contribution >= 0.6 is 22.9 Å². The van der Waals surface area contributed by atoms with E-state index < -0.39 is 0 Å². The van der Waals surface area contributed by atoms with Crippen LogP contribution in [-0.2, 0) is 0 Å². The molecule has 0 spiro atoms. The summed E-state index contributed by atoms with van der Waals surface area (Å²) in [6, 6.07) is 12.5. The highest BCUT2D eigenvalue weighted by molar-refractivity contribution is 7.22. The molecule has 0 aliphatic carbocycles. The van der Waals surface area contributed by atoms with E-state index in [1.807, 2.05) is 22.8 Å². The van der Waals surface area contributed by atoms with Crippen molar-refractivity contribution in [3.8, 4) is 5.69 Å². The predicted octanol–water partition coefficient (Wildman–Crippen LogP) is 3.78. The summed E-state index contributed by atoms with van der Waals surface area (Å²) < 4.78 is 2.78. The highest BCUT2D eigenvalue weighted by Gasteiger charge is 2.10. The van der Waals surface area contributed by atoms with Gasteiger partial charge in [0.25, 0.3) is 5.91 Å². The molecule has 0 fully saturated rings. The zero-order valence-corrected chi connectivity index (χ0v) is 13.8. The van der Waals surface area contributed by atoms with E-state index in [2.05, 4.69) is 20.5 Å². The Balaban J connectivity index is 1.61. The SMILES string of the molecule is O=C(Nc1nc2ccc(-n3cnnc3)cc2s1)c1ccc(Cl)cc1. The molecule has 2 aromatic carbocycles. The minimum Gasteiger partial charge on any atom is -0.298 e. The average molecular weight is 356 g/mol. The Morgan fingerprint density at radius 3 is 2.58 bits per heavy atom. The normalized spacial score (nSPS) is 10.9. The predicted molar refractivity (Wildman–Crippen MR) is 93.9 cm³/mol. The Kier molecular flexibility index (Phi) is 3.72. The molecule has 0 aliphatic heterocycles. The van der Waals surface area contributed by atoms with Gasteiger partial charge in [0.2, 0.25) is 0 Å². The third-order valence-corrected chi connectivity index (χ3v) is 4.60. The van der Waals surface area contributed by atoms with E-state index in [0.29, 0.717) is 15.7 Å². The number of amides is 1. The third kappa shape index (κ3) is 2.86. The molecule has 4 rings (SSSR count). The van der Waals surface area contributed by atoms with Crippen LogP contribution in [0.15, 0.2) is 55.1 Å². The van der Waals surface area contributed by atoms with Crippen LogP contribution in [0.25, 0.3) is 15.9 Å². The van der Waals surface area contributed by atoms with E-state index in [-0.39, 0.29) is 5.91 Å². The average Bonchev–Trinajstić information content (AvgIpc) is 3.23. The number of fused-ring (bicyclic) bond motifs is 1. The molecule has 1 amide bonds. The molecule has 118 valence electrons. The molecule has 24 heavy (non-hydrogen) atoms. The van der Waals surface area contributed by atoms with Crippen molar-refractivity contribution in [3.63, 3.8) is 0 Å². The summed E-state index contributed by atoms with van der Waals surface area (Å²) in [5.41, 5.74) is 2.29. The molecule has 4 aromatic rings. The molecular weight excluding hydrogens is 346 g/mol. The van der Waals surface area contributed by atoms with Gasteiger partial charge in [-0.1, -0.05) is 22.9 Å². The van der Waals surface area contributed by atoms with Crippen molar-refractivity contribution >= 4 is 44.2 Å². The minimum absolute atomic E-state index is 0.218. The Morgan fingerprint density at radius 1 is 1.08 bits per heavy atom. The molecule has 2 heterocycles. The van der Waals surface area contributed by atoms with E-state index in [4.69, 9.17) is 11.6 Å². The van der Waals surface area contributed by atoms with Crippen molar-refractivity contribution < 1.29 is 4.79 Å². The topological polar surface area (TPSA) is 72.7 Å². The summed E-state index contributed by atoms with van der Waals surface area (Å²) in [5.74, 6) is -0.218. The fraction of sp³-hybridized carbons (Fsp3) is 0. The summed E-state index contributed by atoms with van der Waals surface area (Å²) in [5, 5.41) is 11.5. The second-order valence-electron chi connectivity index (χ2n) is 5.00. The van der Waals surface area contributed by atoms with Crippen molar-refractivity contribution in [3.05, 3.63) is 65.7 Å². The van der Waals surface area contributed by atoms with Crippen molar-refractivity contribution in [2.24, 2.45) is 0 Å². The van der Waals surface area contributed by atoms with Crippen LogP contribution in [0.2, 0.25) is 5.02 Å². The fourth-order valence-corrected chi connectivity index (χ4v) is 3.25. The van der Waals surface area contributed by atoms with Crippen LogP contribution < -0.4 is 5.32 Å². The highest BCUT2D eigenvalue weighted by Crippen LogP contribution is 2.28. The molecule has 1 N–H and O–H groups in total. The standard InChI is InChI=1S/C16H10ClN5OS/c17-11-3-1-10(2-4-11)15(23)21-16-20-13-6-5-12(7-14(13)24-16)22-8-18-19-9-22/h1-9H,(H,20,21,23).